The minimum absolute atomic E-state index is 0.0205. The van der Waals surface area contributed by atoms with E-state index in [4.69, 9.17) is 0 Å². The van der Waals surface area contributed by atoms with Gasteiger partial charge in [0.1, 0.15) is 5.44 Å². The minimum Gasteiger partial charge on any atom is -0.477 e. The van der Waals surface area contributed by atoms with Crippen molar-refractivity contribution in [1.82, 2.24) is 4.90 Å². The normalized spacial score (nSPS) is 31.4. The van der Waals surface area contributed by atoms with Crippen LogP contribution in [0.3, 0.4) is 0 Å². The molecule has 94 valence electrons. The van der Waals surface area contributed by atoms with Crippen molar-refractivity contribution in [3.05, 3.63) is 9.93 Å². The number of amides is 1. The van der Waals surface area contributed by atoms with E-state index in [1.54, 1.807) is 0 Å². The molecule has 17 heavy (non-hydrogen) atoms. The molecule has 0 spiro atoms. The molecule has 0 aromatic rings. The van der Waals surface area contributed by atoms with E-state index in [0.29, 0.717) is 16.4 Å². The van der Waals surface area contributed by atoms with E-state index in [9.17, 15) is 19.8 Å². The molecular formula is C9H11NO4S3. The molecule has 0 radical (unpaired) electrons. The number of hydrogen-bond acceptors (Lipinski definition) is 6. The number of carbonyl (C=O) groups excluding carboxylic acids is 1. The molecule has 0 aliphatic carbocycles. The standard InChI is InChI=1S/C9H11NO4S3/c1-15-5-2-4(11)10(5)7(8(13)14)9-16-3-6(12)17-9/h5-6,12H,2-3H2,1H3,(H,13,14). The lowest BCUT2D eigenvalue weighted by molar-refractivity contribution is -0.145. The van der Waals surface area contributed by atoms with Crippen LogP contribution >= 0.6 is 35.3 Å². The van der Waals surface area contributed by atoms with Gasteiger partial charge in [-0.25, -0.2) is 4.79 Å². The number of β-lactam (4-membered cyclic amide) rings is 1. The summed E-state index contributed by atoms with van der Waals surface area (Å²) in [5.41, 5.74) is -0.569. The Morgan fingerprint density at radius 2 is 2.29 bits per heavy atom. The fraction of sp³-hybridized carbons (Fsp3) is 0.556. The fourth-order valence-corrected chi connectivity index (χ4v) is 4.79. The van der Waals surface area contributed by atoms with E-state index in [-0.39, 0.29) is 17.0 Å². The summed E-state index contributed by atoms with van der Waals surface area (Å²) in [6.45, 7) is 0. The first-order valence-corrected chi connectivity index (χ1v) is 8.00. The van der Waals surface area contributed by atoms with Gasteiger partial charge in [0.25, 0.3) is 0 Å². The first kappa shape index (κ1) is 13.1. The summed E-state index contributed by atoms with van der Waals surface area (Å²) in [5, 5.41) is 18.5. The molecule has 2 atom stereocenters. The number of aliphatic carboxylic acids is 1. The number of rotatable bonds is 3. The Morgan fingerprint density at radius 3 is 2.71 bits per heavy atom. The molecule has 2 aliphatic rings. The van der Waals surface area contributed by atoms with Crippen LogP contribution in [0.25, 0.3) is 0 Å². The van der Waals surface area contributed by atoms with Crippen LogP contribution in [0, 0.1) is 0 Å². The summed E-state index contributed by atoms with van der Waals surface area (Å²) in [4.78, 5) is 24.1. The van der Waals surface area contributed by atoms with Gasteiger partial charge in [0.15, 0.2) is 5.70 Å². The Morgan fingerprint density at radius 1 is 1.59 bits per heavy atom. The van der Waals surface area contributed by atoms with Crippen molar-refractivity contribution < 1.29 is 19.8 Å². The quantitative estimate of drug-likeness (QED) is 0.593. The van der Waals surface area contributed by atoms with Gasteiger partial charge in [-0.2, -0.15) is 0 Å². The summed E-state index contributed by atoms with van der Waals surface area (Å²) >= 11 is 3.85. The number of thioether (sulfide) groups is 3. The van der Waals surface area contributed by atoms with Crippen molar-refractivity contribution in [3.63, 3.8) is 0 Å². The van der Waals surface area contributed by atoms with Crippen LogP contribution in [-0.4, -0.2) is 49.8 Å². The van der Waals surface area contributed by atoms with Crippen molar-refractivity contribution in [1.29, 1.82) is 0 Å². The predicted octanol–water partition coefficient (Wildman–Crippen LogP) is 0.960. The van der Waals surface area contributed by atoms with E-state index in [1.807, 2.05) is 6.26 Å². The van der Waals surface area contributed by atoms with Crippen LogP contribution in [0.4, 0.5) is 0 Å². The predicted molar refractivity (Wildman–Crippen MR) is 69.5 cm³/mol. The van der Waals surface area contributed by atoms with Crippen LogP contribution < -0.4 is 0 Å². The molecule has 2 heterocycles. The molecule has 2 rings (SSSR count). The lowest BCUT2D eigenvalue weighted by atomic mass is 10.2. The maximum Gasteiger partial charge on any atom is 0.354 e. The summed E-state index contributed by atoms with van der Waals surface area (Å²) in [7, 11) is 0. The topological polar surface area (TPSA) is 77.8 Å². The SMILES string of the molecule is CSC1CC(=O)N1C(C(=O)O)=C1SCC(O)S1. The van der Waals surface area contributed by atoms with Crippen LogP contribution in [-0.2, 0) is 9.59 Å². The van der Waals surface area contributed by atoms with Gasteiger partial charge in [-0.1, -0.05) is 11.8 Å². The van der Waals surface area contributed by atoms with Crippen LogP contribution in [0.5, 0.6) is 0 Å². The smallest absolute Gasteiger partial charge is 0.354 e. The number of hydrogen-bond donors (Lipinski definition) is 2. The average molecular weight is 293 g/mol. The number of carbonyl (C=O) groups is 2. The zero-order valence-electron chi connectivity index (χ0n) is 8.95. The third-order valence-corrected chi connectivity index (χ3v) is 5.97. The van der Waals surface area contributed by atoms with Crippen molar-refractivity contribution in [2.45, 2.75) is 17.2 Å². The van der Waals surface area contributed by atoms with Gasteiger partial charge in [0, 0.05) is 5.75 Å². The number of carboxylic acid groups (broad SMARTS) is 1. The third kappa shape index (κ3) is 2.44. The molecule has 1 amide bonds. The maximum absolute atomic E-state index is 11.5. The summed E-state index contributed by atoms with van der Waals surface area (Å²) in [6.07, 6.45) is 2.22. The maximum atomic E-state index is 11.5. The van der Waals surface area contributed by atoms with Gasteiger partial charge in [-0.3, -0.25) is 9.69 Å². The molecule has 5 nitrogen and oxygen atoms in total. The summed E-state index contributed by atoms with van der Waals surface area (Å²) in [6, 6.07) is 0. The first-order chi connectivity index (χ1) is 8.04. The van der Waals surface area contributed by atoms with E-state index < -0.39 is 11.4 Å². The second-order valence-electron chi connectivity index (χ2n) is 3.48. The van der Waals surface area contributed by atoms with Gasteiger partial charge in [0.05, 0.1) is 16.0 Å². The average Bonchev–Trinajstić information content (AvgIpc) is 2.68. The van der Waals surface area contributed by atoms with Crippen LogP contribution in [0.1, 0.15) is 6.42 Å². The zero-order valence-corrected chi connectivity index (χ0v) is 11.4. The minimum atomic E-state index is -1.11. The summed E-state index contributed by atoms with van der Waals surface area (Å²) < 4.78 is 0.525. The Hall–Kier alpha value is -0.310. The number of nitrogens with zero attached hydrogens (tertiary/aromatic N) is 1. The number of aliphatic hydroxyl groups is 1. The Bertz CT molecular complexity index is 398. The largest absolute Gasteiger partial charge is 0.477 e. The van der Waals surface area contributed by atoms with E-state index in [0.717, 1.165) is 11.8 Å². The first-order valence-electron chi connectivity index (χ1n) is 4.84. The highest BCUT2D eigenvalue weighted by Gasteiger charge is 2.43. The highest BCUT2D eigenvalue weighted by atomic mass is 32.2. The molecule has 2 saturated heterocycles. The highest BCUT2D eigenvalue weighted by Crippen LogP contribution is 2.45. The van der Waals surface area contributed by atoms with E-state index in [1.165, 1.54) is 28.4 Å². The fourth-order valence-electron chi connectivity index (χ4n) is 1.60. The second kappa shape index (κ2) is 5.13. The molecule has 0 aromatic heterocycles. The zero-order chi connectivity index (χ0) is 12.6. The summed E-state index contributed by atoms with van der Waals surface area (Å²) in [5.74, 6) is -0.819. The van der Waals surface area contributed by atoms with Gasteiger partial charge >= 0.3 is 5.97 Å². The second-order valence-corrected chi connectivity index (χ2v) is 6.98. The van der Waals surface area contributed by atoms with Crippen molar-refractivity contribution >= 4 is 47.2 Å². The monoisotopic (exact) mass is 293 g/mol. The van der Waals surface area contributed by atoms with Gasteiger partial charge in [-0.15, -0.1) is 23.5 Å². The molecule has 2 fully saturated rings. The molecule has 0 saturated carbocycles. The van der Waals surface area contributed by atoms with Crippen LogP contribution in [0.2, 0.25) is 0 Å². The molecule has 8 heteroatoms. The van der Waals surface area contributed by atoms with E-state index in [2.05, 4.69) is 0 Å². The molecular weight excluding hydrogens is 282 g/mol. The molecule has 0 aromatic carbocycles. The van der Waals surface area contributed by atoms with Gasteiger partial charge in [0.2, 0.25) is 5.91 Å². The third-order valence-electron chi connectivity index (χ3n) is 2.41. The lowest BCUT2D eigenvalue weighted by Crippen LogP contribution is -2.51. The van der Waals surface area contributed by atoms with Crippen molar-refractivity contribution in [3.8, 4) is 0 Å². The highest BCUT2D eigenvalue weighted by molar-refractivity contribution is 8.25. The Labute approximate surface area is 111 Å². The van der Waals surface area contributed by atoms with E-state index >= 15 is 0 Å². The molecule has 2 aliphatic heterocycles. The lowest BCUT2D eigenvalue weighted by Gasteiger charge is -2.39. The van der Waals surface area contributed by atoms with Crippen LogP contribution in [0.15, 0.2) is 9.93 Å². The molecule has 2 unspecified atom stereocenters. The van der Waals surface area contributed by atoms with Gasteiger partial charge < -0.3 is 10.2 Å². The van der Waals surface area contributed by atoms with Crippen molar-refractivity contribution in [2.75, 3.05) is 12.0 Å². The van der Waals surface area contributed by atoms with Crippen molar-refractivity contribution in [2.24, 2.45) is 0 Å². The number of aliphatic hydroxyl groups excluding tert-OH is 1. The number of carboxylic acids is 1. The van der Waals surface area contributed by atoms with Gasteiger partial charge in [-0.05, 0) is 6.26 Å². The number of likely N-dealkylation sites (tertiary alicyclic amines) is 1. The Balaban J connectivity index is 2.29. The Kier molecular flexibility index (Phi) is 3.96. The molecule has 2 N–H and O–H groups in total. The molecule has 0 bridgehead atoms.